The van der Waals surface area contributed by atoms with Gasteiger partial charge >= 0.3 is 5.97 Å². The molecule has 0 aliphatic carbocycles. The second-order valence-corrected chi connectivity index (χ2v) is 4.35. The largest absolute Gasteiger partial charge is 0.478 e. The molecule has 104 valence electrons. The number of aromatic carboxylic acids is 1. The number of carbonyl (C=O) groups is 1. The van der Waals surface area contributed by atoms with Crippen molar-refractivity contribution < 1.29 is 14.3 Å². The van der Waals surface area contributed by atoms with Crippen LogP contribution in [0.5, 0.6) is 0 Å². The molecule has 1 heterocycles. The van der Waals surface area contributed by atoms with Crippen molar-refractivity contribution in [2.75, 3.05) is 11.1 Å². The normalized spacial score (nSPS) is 11.9. The zero-order valence-electron chi connectivity index (χ0n) is 10.8. The first-order chi connectivity index (χ1) is 9.49. The standard InChI is InChI=1S/C14H14FN3O2/c1-8(9-4-2-3-5-11(9)15)18-13-6-10(14(19)20)12(16)7-17-13/h2-8H,16H2,1H3,(H,17,18)(H,19,20). The van der Waals surface area contributed by atoms with E-state index in [0.29, 0.717) is 11.4 Å². The molecule has 0 fully saturated rings. The monoisotopic (exact) mass is 275 g/mol. The first kappa shape index (κ1) is 13.8. The molecule has 2 rings (SSSR count). The zero-order valence-corrected chi connectivity index (χ0v) is 10.8. The summed E-state index contributed by atoms with van der Waals surface area (Å²) in [6, 6.07) is 7.34. The Hall–Kier alpha value is -2.63. The van der Waals surface area contributed by atoms with Gasteiger partial charge in [-0.15, -0.1) is 0 Å². The van der Waals surface area contributed by atoms with Crippen molar-refractivity contribution >= 4 is 17.5 Å². The third kappa shape index (κ3) is 2.85. The van der Waals surface area contributed by atoms with Crippen LogP contribution in [0.2, 0.25) is 0 Å². The molecular formula is C14H14FN3O2. The van der Waals surface area contributed by atoms with E-state index in [-0.39, 0.29) is 23.1 Å². The van der Waals surface area contributed by atoms with E-state index >= 15 is 0 Å². The number of nitrogens with zero attached hydrogens (tertiary/aromatic N) is 1. The Morgan fingerprint density at radius 3 is 2.80 bits per heavy atom. The molecule has 0 spiro atoms. The fourth-order valence-corrected chi connectivity index (χ4v) is 1.86. The summed E-state index contributed by atoms with van der Waals surface area (Å²) >= 11 is 0. The van der Waals surface area contributed by atoms with E-state index < -0.39 is 5.97 Å². The number of nitrogens with two attached hydrogens (primary N) is 1. The van der Waals surface area contributed by atoms with Crippen molar-refractivity contribution in [3.63, 3.8) is 0 Å². The summed E-state index contributed by atoms with van der Waals surface area (Å²) in [4.78, 5) is 15.0. The third-order valence-electron chi connectivity index (χ3n) is 2.90. The Labute approximate surface area is 115 Å². The number of rotatable bonds is 4. The van der Waals surface area contributed by atoms with Crippen molar-refractivity contribution in [1.82, 2.24) is 4.98 Å². The molecule has 0 saturated heterocycles. The van der Waals surface area contributed by atoms with E-state index in [9.17, 15) is 9.18 Å². The molecule has 0 aliphatic rings. The maximum Gasteiger partial charge on any atom is 0.337 e. The fourth-order valence-electron chi connectivity index (χ4n) is 1.86. The fraction of sp³-hybridized carbons (Fsp3) is 0.143. The van der Waals surface area contributed by atoms with Crippen molar-refractivity contribution in [3.05, 3.63) is 53.5 Å². The van der Waals surface area contributed by atoms with E-state index in [1.807, 2.05) is 0 Å². The Morgan fingerprint density at radius 1 is 1.45 bits per heavy atom. The second-order valence-electron chi connectivity index (χ2n) is 4.35. The van der Waals surface area contributed by atoms with Gasteiger partial charge in [-0.25, -0.2) is 14.2 Å². The van der Waals surface area contributed by atoms with E-state index in [2.05, 4.69) is 10.3 Å². The van der Waals surface area contributed by atoms with Crippen molar-refractivity contribution in [1.29, 1.82) is 0 Å². The quantitative estimate of drug-likeness (QED) is 0.798. The summed E-state index contributed by atoms with van der Waals surface area (Å²) in [6.07, 6.45) is 1.26. The molecule has 0 bridgehead atoms. The lowest BCUT2D eigenvalue weighted by molar-refractivity contribution is 0.0698. The lowest BCUT2D eigenvalue weighted by Crippen LogP contribution is -2.11. The summed E-state index contributed by atoms with van der Waals surface area (Å²) in [5.74, 6) is -1.14. The number of hydrogen-bond donors (Lipinski definition) is 3. The van der Waals surface area contributed by atoms with E-state index in [1.165, 1.54) is 18.3 Å². The number of carboxylic acids is 1. The highest BCUT2D eigenvalue weighted by Crippen LogP contribution is 2.22. The van der Waals surface area contributed by atoms with Crippen LogP contribution < -0.4 is 11.1 Å². The van der Waals surface area contributed by atoms with Crippen LogP contribution in [0.25, 0.3) is 0 Å². The lowest BCUT2D eigenvalue weighted by Gasteiger charge is -2.16. The Balaban J connectivity index is 2.24. The topological polar surface area (TPSA) is 88.2 Å². The van der Waals surface area contributed by atoms with E-state index in [0.717, 1.165) is 0 Å². The molecule has 0 aliphatic heterocycles. The number of hydrogen-bond acceptors (Lipinski definition) is 4. The molecule has 0 saturated carbocycles. The van der Waals surface area contributed by atoms with Gasteiger partial charge in [-0.2, -0.15) is 0 Å². The van der Waals surface area contributed by atoms with Gasteiger partial charge in [0.25, 0.3) is 0 Å². The number of halogens is 1. The van der Waals surface area contributed by atoms with Crippen molar-refractivity contribution in [3.8, 4) is 0 Å². The highest BCUT2D eigenvalue weighted by molar-refractivity contribution is 5.94. The maximum atomic E-state index is 13.6. The van der Waals surface area contributed by atoms with Gasteiger partial charge in [0.2, 0.25) is 0 Å². The minimum atomic E-state index is -1.13. The average Bonchev–Trinajstić information content (AvgIpc) is 2.41. The van der Waals surface area contributed by atoms with Gasteiger partial charge in [0.1, 0.15) is 11.6 Å². The Bertz CT molecular complexity index is 646. The highest BCUT2D eigenvalue weighted by Gasteiger charge is 2.13. The first-order valence-electron chi connectivity index (χ1n) is 5.99. The summed E-state index contributed by atoms with van der Waals surface area (Å²) in [6.45, 7) is 1.76. The number of aromatic nitrogens is 1. The number of carboxylic acid groups (broad SMARTS) is 1. The predicted molar refractivity (Wildman–Crippen MR) is 74.0 cm³/mol. The molecule has 2 aromatic rings. The highest BCUT2D eigenvalue weighted by atomic mass is 19.1. The third-order valence-corrected chi connectivity index (χ3v) is 2.90. The van der Waals surface area contributed by atoms with Gasteiger partial charge in [-0.1, -0.05) is 18.2 Å². The van der Waals surface area contributed by atoms with Crippen LogP contribution in [0.4, 0.5) is 15.9 Å². The van der Waals surface area contributed by atoms with Crippen molar-refractivity contribution in [2.24, 2.45) is 0 Å². The molecule has 0 radical (unpaired) electrons. The van der Waals surface area contributed by atoms with Crippen LogP contribution in [0.3, 0.4) is 0 Å². The lowest BCUT2D eigenvalue weighted by atomic mass is 10.1. The summed E-state index contributed by atoms with van der Waals surface area (Å²) in [5.41, 5.74) is 6.05. The number of nitrogen functional groups attached to an aromatic ring is 1. The Morgan fingerprint density at radius 2 is 2.15 bits per heavy atom. The predicted octanol–water partition coefficient (Wildman–Crippen LogP) is 2.67. The Kier molecular flexibility index (Phi) is 3.84. The average molecular weight is 275 g/mol. The molecule has 4 N–H and O–H groups in total. The molecule has 1 unspecified atom stereocenters. The molecular weight excluding hydrogens is 261 g/mol. The van der Waals surface area contributed by atoms with Gasteiger partial charge in [0, 0.05) is 5.56 Å². The SMILES string of the molecule is CC(Nc1cc(C(=O)O)c(N)cn1)c1ccccc1F. The summed E-state index contributed by atoms with van der Waals surface area (Å²) in [5, 5.41) is 11.9. The molecule has 20 heavy (non-hydrogen) atoms. The summed E-state index contributed by atoms with van der Waals surface area (Å²) in [7, 11) is 0. The molecule has 1 aromatic carbocycles. The van der Waals surface area contributed by atoms with Gasteiger partial charge in [0.05, 0.1) is 23.5 Å². The molecule has 0 amide bonds. The number of benzene rings is 1. The first-order valence-corrected chi connectivity index (χ1v) is 5.99. The number of pyridine rings is 1. The molecule has 1 aromatic heterocycles. The van der Waals surface area contributed by atoms with Crippen LogP contribution in [0, 0.1) is 5.82 Å². The van der Waals surface area contributed by atoms with Crippen LogP contribution in [-0.4, -0.2) is 16.1 Å². The van der Waals surface area contributed by atoms with Gasteiger partial charge in [-0.05, 0) is 19.1 Å². The molecule has 1 atom stereocenters. The minimum Gasteiger partial charge on any atom is -0.478 e. The van der Waals surface area contributed by atoms with Crippen LogP contribution in [0.1, 0.15) is 28.9 Å². The smallest absolute Gasteiger partial charge is 0.337 e. The molecule has 5 nitrogen and oxygen atoms in total. The maximum absolute atomic E-state index is 13.6. The van der Waals surface area contributed by atoms with Crippen LogP contribution in [-0.2, 0) is 0 Å². The zero-order chi connectivity index (χ0) is 14.7. The number of nitrogens with one attached hydrogen (secondary N) is 1. The second kappa shape index (κ2) is 5.56. The van der Waals surface area contributed by atoms with E-state index in [4.69, 9.17) is 10.8 Å². The molecule has 6 heteroatoms. The summed E-state index contributed by atoms with van der Waals surface area (Å²) < 4.78 is 13.6. The van der Waals surface area contributed by atoms with Gasteiger partial charge in [0.15, 0.2) is 0 Å². The van der Waals surface area contributed by atoms with Gasteiger partial charge < -0.3 is 16.2 Å². The minimum absolute atomic E-state index is 0.0387. The number of anilines is 2. The van der Waals surface area contributed by atoms with Crippen LogP contribution in [0.15, 0.2) is 36.5 Å². The van der Waals surface area contributed by atoms with E-state index in [1.54, 1.807) is 25.1 Å². The van der Waals surface area contributed by atoms with Crippen LogP contribution >= 0.6 is 0 Å². The van der Waals surface area contributed by atoms with Crippen molar-refractivity contribution in [2.45, 2.75) is 13.0 Å². The van der Waals surface area contributed by atoms with Gasteiger partial charge in [-0.3, -0.25) is 0 Å².